The smallest absolute Gasteiger partial charge is 0.310 e. The molecule has 0 saturated carbocycles. The zero-order valence-corrected chi connectivity index (χ0v) is 10.1. The third kappa shape index (κ3) is 2.35. The van der Waals surface area contributed by atoms with E-state index in [9.17, 15) is 9.59 Å². The summed E-state index contributed by atoms with van der Waals surface area (Å²) < 4.78 is 0. The van der Waals surface area contributed by atoms with E-state index in [1.165, 1.54) is 17.0 Å². The van der Waals surface area contributed by atoms with Crippen molar-refractivity contribution >= 4 is 35.1 Å². The molecule has 0 bridgehead atoms. The lowest BCUT2D eigenvalue weighted by Crippen LogP contribution is -2.53. The van der Waals surface area contributed by atoms with Gasteiger partial charge in [0.15, 0.2) is 0 Å². The third-order valence-corrected chi connectivity index (χ3v) is 3.05. The van der Waals surface area contributed by atoms with Crippen LogP contribution in [-0.4, -0.2) is 40.0 Å². The predicted molar refractivity (Wildman–Crippen MR) is 61.3 cm³/mol. The van der Waals surface area contributed by atoms with Gasteiger partial charge in [0.2, 0.25) is 0 Å². The van der Waals surface area contributed by atoms with Gasteiger partial charge in [-0.05, 0) is 12.1 Å². The molecule has 7 heteroatoms. The number of carbonyl (C=O) groups is 2. The average Bonchev–Trinajstić information content (AvgIpc) is 2.18. The number of hydrogen-bond donors (Lipinski definition) is 1. The molecule has 1 saturated heterocycles. The molecular formula is C10H8Cl2N2O3. The van der Waals surface area contributed by atoms with E-state index in [-0.39, 0.29) is 29.0 Å². The number of halogens is 2. The molecule has 0 radical (unpaired) electrons. The highest BCUT2D eigenvalue weighted by Crippen LogP contribution is 2.23. The number of rotatable bonds is 2. The maximum Gasteiger partial charge on any atom is 0.310 e. The summed E-state index contributed by atoms with van der Waals surface area (Å²) in [5.74, 6) is -1.80. The van der Waals surface area contributed by atoms with E-state index >= 15 is 0 Å². The highest BCUT2D eigenvalue weighted by Gasteiger charge is 2.37. The van der Waals surface area contributed by atoms with Crippen LogP contribution in [0.25, 0.3) is 0 Å². The molecule has 0 spiro atoms. The van der Waals surface area contributed by atoms with Crippen LogP contribution in [0.15, 0.2) is 12.1 Å². The van der Waals surface area contributed by atoms with Gasteiger partial charge in [0, 0.05) is 13.1 Å². The van der Waals surface area contributed by atoms with Gasteiger partial charge in [-0.25, -0.2) is 4.98 Å². The summed E-state index contributed by atoms with van der Waals surface area (Å²) in [6.45, 7) is 0.359. The lowest BCUT2D eigenvalue weighted by molar-refractivity contribution is -0.146. The molecule has 1 aromatic heterocycles. The molecule has 2 rings (SSSR count). The topological polar surface area (TPSA) is 70.5 Å². The van der Waals surface area contributed by atoms with Crippen LogP contribution < -0.4 is 0 Å². The van der Waals surface area contributed by atoms with Gasteiger partial charge in [-0.2, -0.15) is 0 Å². The van der Waals surface area contributed by atoms with Gasteiger partial charge in [0.1, 0.15) is 10.8 Å². The summed E-state index contributed by atoms with van der Waals surface area (Å²) in [5.41, 5.74) is 0.0583. The Morgan fingerprint density at radius 2 is 2.00 bits per heavy atom. The van der Waals surface area contributed by atoms with Crippen LogP contribution in [0, 0.1) is 5.92 Å². The first-order chi connectivity index (χ1) is 7.99. The number of carboxylic acids is 1. The largest absolute Gasteiger partial charge is 0.481 e. The standard InChI is InChI=1S/C10H8Cl2N2O3/c11-6-1-2-7(12)13-8(6)9(15)14-3-5(4-14)10(16)17/h1-2,5H,3-4H2,(H,16,17). The Balaban J connectivity index is 2.11. The minimum atomic E-state index is -0.904. The highest BCUT2D eigenvalue weighted by molar-refractivity contribution is 6.34. The Labute approximate surface area is 107 Å². The van der Waals surface area contributed by atoms with Gasteiger partial charge in [0.05, 0.1) is 10.9 Å². The van der Waals surface area contributed by atoms with Gasteiger partial charge < -0.3 is 10.0 Å². The molecule has 0 aromatic carbocycles. The van der Waals surface area contributed by atoms with Crippen molar-refractivity contribution in [3.8, 4) is 0 Å². The Morgan fingerprint density at radius 3 is 2.59 bits per heavy atom. The molecule has 1 aliphatic rings. The van der Waals surface area contributed by atoms with E-state index in [1.54, 1.807) is 0 Å². The van der Waals surface area contributed by atoms with Crippen LogP contribution in [0.3, 0.4) is 0 Å². The molecule has 1 amide bonds. The Morgan fingerprint density at radius 1 is 1.35 bits per heavy atom. The van der Waals surface area contributed by atoms with Crippen molar-refractivity contribution in [2.75, 3.05) is 13.1 Å². The fourth-order valence-corrected chi connectivity index (χ4v) is 1.85. The monoisotopic (exact) mass is 274 g/mol. The van der Waals surface area contributed by atoms with E-state index in [4.69, 9.17) is 28.3 Å². The lowest BCUT2D eigenvalue weighted by atomic mass is 10.00. The second kappa shape index (κ2) is 4.50. The first kappa shape index (κ1) is 12.1. The Bertz CT molecular complexity index is 486. The van der Waals surface area contributed by atoms with Gasteiger partial charge >= 0.3 is 5.97 Å². The Kier molecular flexibility index (Phi) is 3.22. The second-order valence-corrected chi connectivity index (χ2v) is 4.50. The Hall–Kier alpha value is -1.33. The number of aromatic nitrogens is 1. The van der Waals surface area contributed by atoms with E-state index in [2.05, 4.69) is 4.98 Å². The summed E-state index contributed by atoms with van der Waals surface area (Å²) in [7, 11) is 0. The molecule has 90 valence electrons. The zero-order valence-electron chi connectivity index (χ0n) is 8.56. The molecule has 17 heavy (non-hydrogen) atoms. The SMILES string of the molecule is O=C(O)C1CN(C(=O)c2nc(Cl)ccc2Cl)C1. The molecule has 0 aliphatic carbocycles. The number of aliphatic carboxylic acids is 1. The molecule has 1 aliphatic heterocycles. The molecule has 1 N–H and O–H groups in total. The van der Waals surface area contributed by atoms with Crippen molar-refractivity contribution in [2.24, 2.45) is 5.92 Å². The first-order valence-corrected chi connectivity index (χ1v) is 5.58. The quantitative estimate of drug-likeness (QED) is 0.831. The minimum absolute atomic E-state index is 0.0583. The molecule has 1 aromatic rings. The summed E-state index contributed by atoms with van der Waals surface area (Å²) in [4.78, 5) is 27.7. The van der Waals surface area contributed by atoms with E-state index in [0.29, 0.717) is 0 Å². The van der Waals surface area contributed by atoms with Crippen LogP contribution in [0.4, 0.5) is 0 Å². The molecule has 1 fully saturated rings. The number of likely N-dealkylation sites (tertiary alicyclic amines) is 1. The van der Waals surface area contributed by atoms with Crippen LogP contribution in [0.5, 0.6) is 0 Å². The summed E-state index contributed by atoms with van der Waals surface area (Å²) >= 11 is 11.5. The van der Waals surface area contributed by atoms with E-state index in [1.807, 2.05) is 0 Å². The van der Waals surface area contributed by atoms with Crippen molar-refractivity contribution in [1.29, 1.82) is 0 Å². The normalized spacial score (nSPS) is 15.5. The van der Waals surface area contributed by atoms with Crippen molar-refractivity contribution in [2.45, 2.75) is 0 Å². The predicted octanol–water partition coefficient (Wildman–Crippen LogP) is 1.55. The van der Waals surface area contributed by atoms with Crippen LogP contribution in [0.2, 0.25) is 10.2 Å². The first-order valence-electron chi connectivity index (χ1n) is 4.83. The molecule has 2 heterocycles. The van der Waals surface area contributed by atoms with Gasteiger partial charge in [-0.15, -0.1) is 0 Å². The number of hydrogen-bond acceptors (Lipinski definition) is 3. The zero-order chi connectivity index (χ0) is 12.6. The van der Waals surface area contributed by atoms with E-state index < -0.39 is 17.8 Å². The highest BCUT2D eigenvalue weighted by atomic mass is 35.5. The lowest BCUT2D eigenvalue weighted by Gasteiger charge is -2.36. The van der Waals surface area contributed by atoms with Crippen LogP contribution in [0.1, 0.15) is 10.5 Å². The van der Waals surface area contributed by atoms with Gasteiger partial charge in [0.25, 0.3) is 5.91 Å². The van der Waals surface area contributed by atoms with Gasteiger partial charge in [-0.1, -0.05) is 23.2 Å². The summed E-state index contributed by atoms with van der Waals surface area (Å²) in [6.07, 6.45) is 0. The summed E-state index contributed by atoms with van der Waals surface area (Å²) in [5, 5.41) is 9.08. The summed E-state index contributed by atoms with van der Waals surface area (Å²) in [6, 6.07) is 2.97. The maximum atomic E-state index is 11.9. The maximum absolute atomic E-state index is 11.9. The average molecular weight is 275 g/mol. The molecule has 0 atom stereocenters. The number of pyridine rings is 1. The number of carboxylic acid groups (broad SMARTS) is 1. The number of carbonyl (C=O) groups excluding carboxylic acids is 1. The number of amides is 1. The van der Waals surface area contributed by atoms with Crippen molar-refractivity contribution in [3.63, 3.8) is 0 Å². The van der Waals surface area contributed by atoms with Crippen molar-refractivity contribution < 1.29 is 14.7 Å². The molecule has 5 nitrogen and oxygen atoms in total. The van der Waals surface area contributed by atoms with Crippen LogP contribution in [-0.2, 0) is 4.79 Å². The fourth-order valence-electron chi connectivity index (χ4n) is 1.52. The number of nitrogens with zero attached hydrogens (tertiary/aromatic N) is 2. The molecular weight excluding hydrogens is 267 g/mol. The third-order valence-electron chi connectivity index (χ3n) is 2.53. The minimum Gasteiger partial charge on any atom is -0.481 e. The van der Waals surface area contributed by atoms with Crippen molar-refractivity contribution in [1.82, 2.24) is 9.88 Å². The second-order valence-electron chi connectivity index (χ2n) is 3.71. The fraction of sp³-hybridized carbons (Fsp3) is 0.300. The van der Waals surface area contributed by atoms with Crippen molar-refractivity contribution in [3.05, 3.63) is 28.0 Å². The van der Waals surface area contributed by atoms with E-state index in [0.717, 1.165) is 0 Å². The van der Waals surface area contributed by atoms with Crippen LogP contribution >= 0.6 is 23.2 Å². The van der Waals surface area contributed by atoms with Gasteiger partial charge in [-0.3, -0.25) is 9.59 Å². The molecule has 0 unspecified atom stereocenters.